The lowest BCUT2D eigenvalue weighted by Crippen LogP contribution is -2.40. The molecule has 0 spiro atoms. The number of likely N-dealkylation sites (N-methyl/N-ethyl adjacent to an activating group) is 1. The van der Waals surface area contributed by atoms with Crippen LogP contribution in [0.4, 0.5) is 24.7 Å². The van der Waals surface area contributed by atoms with Crippen LogP contribution in [0.1, 0.15) is 12.6 Å². The van der Waals surface area contributed by atoms with Gasteiger partial charge in [0.15, 0.2) is 6.10 Å². The third-order valence-electron chi connectivity index (χ3n) is 2.74. The van der Waals surface area contributed by atoms with Crippen LogP contribution in [0.5, 0.6) is 0 Å². The van der Waals surface area contributed by atoms with Crippen LogP contribution >= 0.6 is 0 Å². The number of nitrogens with zero attached hydrogens (tertiary/aromatic N) is 4. The smallest absolute Gasteiger partial charge is 0.382 e. The average molecular weight is 296 g/mol. The van der Waals surface area contributed by atoms with Gasteiger partial charge in [-0.15, -0.1) is 0 Å². The molecule has 1 unspecified atom stereocenters. The number of rotatable bonds is 5. The lowest BCUT2D eigenvalue weighted by Gasteiger charge is -2.23. The number of aryl methyl sites for hydroxylation is 2. The summed E-state index contributed by atoms with van der Waals surface area (Å²) >= 11 is 0. The second-order valence-electron chi connectivity index (χ2n) is 4.27. The van der Waals surface area contributed by atoms with Crippen LogP contribution in [0.2, 0.25) is 0 Å². The second-order valence-corrected chi connectivity index (χ2v) is 4.27. The highest BCUT2D eigenvalue weighted by molar-refractivity contribution is 5.61. The van der Waals surface area contributed by atoms with Crippen LogP contribution in [0.3, 0.4) is 0 Å². The Morgan fingerprint density at radius 2 is 2.10 bits per heavy atom. The van der Waals surface area contributed by atoms with E-state index in [0.29, 0.717) is 0 Å². The Bertz CT molecular complexity index is 501. The Kier molecular flexibility index (Phi) is 4.58. The fraction of sp³-hybridized carbons (Fsp3) is 0.700. The Hall–Kier alpha value is -1.84. The van der Waals surface area contributed by atoms with Crippen molar-refractivity contribution in [1.82, 2.24) is 9.78 Å². The topological polar surface area (TPSA) is 84.4 Å². The molecule has 1 N–H and O–H groups in total. The first kappa shape index (κ1) is 16.2. The molecule has 20 heavy (non-hydrogen) atoms. The predicted molar refractivity (Wildman–Crippen MR) is 64.6 cm³/mol. The van der Waals surface area contributed by atoms with Gasteiger partial charge in [-0.3, -0.25) is 10.1 Å². The van der Waals surface area contributed by atoms with Crippen LogP contribution in [-0.2, 0) is 6.54 Å². The molecule has 1 rings (SSSR count). The van der Waals surface area contributed by atoms with Crippen LogP contribution in [0, 0.1) is 17.0 Å². The Labute approximate surface area is 112 Å². The van der Waals surface area contributed by atoms with Gasteiger partial charge in [-0.05, 0) is 13.8 Å². The molecule has 0 radical (unpaired) electrons. The Balaban J connectivity index is 3.15. The van der Waals surface area contributed by atoms with Gasteiger partial charge in [0.2, 0.25) is 5.82 Å². The van der Waals surface area contributed by atoms with E-state index in [1.165, 1.54) is 18.7 Å². The zero-order chi connectivity index (χ0) is 15.7. The standard InChI is InChI=1S/C10H15F3N4O3/c1-4-16-9(8(17(19)20)6(2)14-16)15(3)5-7(18)10(11,12)13/h7,18H,4-5H2,1-3H3. The summed E-state index contributed by atoms with van der Waals surface area (Å²) in [5.74, 6) is -0.0571. The third kappa shape index (κ3) is 3.18. The molecule has 10 heteroatoms. The summed E-state index contributed by atoms with van der Waals surface area (Å²) in [4.78, 5) is 11.3. The highest BCUT2D eigenvalue weighted by Gasteiger charge is 2.40. The number of aliphatic hydroxyl groups excluding tert-OH is 1. The molecule has 0 saturated carbocycles. The van der Waals surface area contributed by atoms with Crippen molar-refractivity contribution in [3.8, 4) is 0 Å². The molecule has 0 bridgehead atoms. The third-order valence-corrected chi connectivity index (χ3v) is 2.74. The van der Waals surface area contributed by atoms with Gasteiger partial charge in [0.1, 0.15) is 5.69 Å². The molecule has 7 nitrogen and oxygen atoms in total. The van der Waals surface area contributed by atoms with Crippen LogP contribution < -0.4 is 4.90 Å². The summed E-state index contributed by atoms with van der Waals surface area (Å²) in [5.41, 5.74) is -0.246. The number of alkyl halides is 3. The van der Waals surface area contributed by atoms with Gasteiger partial charge in [-0.25, -0.2) is 4.68 Å². The van der Waals surface area contributed by atoms with Crippen molar-refractivity contribution in [1.29, 1.82) is 0 Å². The summed E-state index contributed by atoms with van der Waals surface area (Å²) in [7, 11) is 1.24. The minimum absolute atomic E-state index is 0.0571. The lowest BCUT2D eigenvalue weighted by molar-refractivity contribution is -0.384. The first-order valence-corrected chi connectivity index (χ1v) is 5.77. The van der Waals surface area contributed by atoms with E-state index in [2.05, 4.69) is 5.10 Å². The summed E-state index contributed by atoms with van der Waals surface area (Å²) in [6.45, 7) is 2.52. The van der Waals surface area contributed by atoms with E-state index < -0.39 is 23.7 Å². The number of anilines is 1. The van der Waals surface area contributed by atoms with Crippen LogP contribution in [0.25, 0.3) is 0 Å². The maximum atomic E-state index is 12.3. The number of hydrogen-bond donors (Lipinski definition) is 1. The highest BCUT2D eigenvalue weighted by atomic mass is 19.4. The first-order chi connectivity index (χ1) is 9.09. The van der Waals surface area contributed by atoms with Crippen molar-refractivity contribution in [2.75, 3.05) is 18.5 Å². The zero-order valence-electron chi connectivity index (χ0n) is 11.2. The zero-order valence-corrected chi connectivity index (χ0v) is 11.2. The summed E-state index contributed by atoms with van der Waals surface area (Å²) < 4.78 is 38.2. The number of hydrogen-bond acceptors (Lipinski definition) is 5. The average Bonchev–Trinajstić information content (AvgIpc) is 2.64. The maximum Gasteiger partial charge on any atom is 0.416 e. The molecule has 0 aromatic carbocycles. The molecule has 114 valence electrons. The second kappa shape index (κ2) is 5.65. The molecule has 1 aromatic heterocycles. The fourth-order valence-corrected chi connectivity index (χ4v) is 1.82. The van der Waals surface area contributed by atoms with Crippen molar-refractivity contribution in [3.05, 3.63) is 15.8 Å². The van der Waals surface area contributed by atoms with E-state index in [1.54, 1.807) is 6.92 Å². The molecule has 0 aliphatic carbocycles. The van der Waals surface area contributed by atoms with Crippen molar-refractivity contribution in [2.45, 2.75) is 32.7 Å². The molecule has 0 amide bonds. The van der Waals surface area contributed by atoms with Crippen molar-refractivity contribution >= 4 is 11.5 Å². The number of nitro groups is 1. The van der Waals surface area contributed by atoms with Gasteiger partial charge in [0.05, 0.1) is 11.5 Å². The molecule has 1 aromatic rings. The molecule has 0 aliphatic rings. The molecular weight excluding hydrogens is 281 g/mol. The lowest BCUT2D eigenvalue weighted by atomic mass is 10.3. The number of halogens is 3. The largest absolute Gasteiger partial charge is 0.416 e. The Morgan fingerprint density at radius 1 is 1.55 bits per heavy atom. The monoisotopic (exact) mass is 296 g/mol. The van der Waals surface area contributed by atoms with Gasteiger partial charge in [0.25, 0.3) is 0 Å². The van der Waals surface area contributed by atoms with E-state index in [9.17, 15) is 23.3 Å². The van der Waals surface area contributed by atoms with Crippen LogP contribution in [0.15, 0.2) is 0 Å². The van der Waals surface area contributed by atoms with E-state index in [1.807, 2.05) is 0 Å². The molecule has 1 heterocycles. The van der Waals surface area contributed by atoms with Gasteiger partial charge in [-0.2, -0.15) is 18.3 Å². The predicted octanol–water partition coefficient (Wildman–Crippen LogP) is 1.48. The highest BCUT2D eigenvalue weighted by Crippen LogP contribution is 2.32. The summed E-state index contributed by atoms with van der Waals surface area (Å²) in [6, 6.07) is 0. The molecule has 0 aliphatic heterocycles. The SMILES string of the molecule is CCn1nc(C)c([N+](=O)[O-])c1N(C)CC(O)C(F)(F)F. The quantitative estimate of drug-likeness (QED) is 0.657. The Morgan fingerprint density at radius 3 is 2.50 bits per heavy atom. The first-order valence-electron chi connectivity index (χ1n) is 5.77. The molecule has 1 atom stereocenters. The summed E-state index contributed by atoms with van der Waals surface area (Å²) in [6.07, 6.45) is -7.37. The molecule has 0 fully saturated rings. The number of aromatic nitrogens is 2. The normalized spacial score (nSPS) is 13.3. The fourth-order valence-electron chi connectivity index (χ4n) is 1.82. The van der Waals surface area contributed by atoms with E-state index >= 15 is 0 Å². The number of aliphatic hydroxyl groups is 1. The van der Waals surface area contributed by atoms with E-state index in [0.717, 1.165) is 4.90 Å². The minimum Gasteiger partial charge on any atom is -0.382 e. The van der Waals surface area contributed by atoms with Gasteiger partial charge in [0, 0.05) is 13.6 Å². The van der Waals surface area contributed by atoms with Crippen molar-refractivity contribution in [3.63, 3.8) is 0 Å². The van der Waals surface area contributed by atoms with Crippen molar-refractivity contribution in [2.24, 2.45) is 0 Å². The van der Waals surface area contributed by atoms with E-state index in [-0.39, 0.29) is 23.7 Å². The minimum atomic E-state index is -4.78. The van der Waals surface area contributed by atoms with Gasteiger partial charge in [-0.1, -0.05) is 0 Å². The van der Waals surface area contributed by atoms with E-state index in [4.69, 9.17) is 5.11 Å². The summed E-state index contributed by atoms with van der Waals surface area (Å²) in [5, 5.41) is 24.0. The molecular formula is C10H15F3N4O3. The molecule has 0 saturated heterocycles. The van der Waals surface area contributed by atoms with Crippen molar-refractivity contribution < 1.29 is 23.2 Å². The van der Waals surface area contributed by atoms with Gasteiger partial charge >= 0.3 is 11.9 Å². The van der Waals surface area contributed by atoms with Crippen LogP contribution in [-0.4, -0.2) is 45.7 Å². The maximum absolute atomic E-state index is 12.3. The van der Waals surface area contributed by atoms with Gasteiger partial charge < -0.3 is 10.0 Å².